The van der Waals surface area contributed by atoms with E-state index in [1.807, 2.05) is 0 Å². The van der Waals surface area contributed by atoms with Gasteiger partial charge in [-0.05, 0) is 6.42 Å². The number of hydrogen-bond donors (Lipinski definition) is 0. The molecule has 0 unspecified atom stereocenters. The van der Waals surface area contributed by atoms with Crippen molar-refractivity contribution in [2.24, 2.45) is 0 Å². The van der Waals surface area contributed by atoms with Crippen LogP contribution in [-0.2, 0) is 0 Å². The Morgan fingerprint density at radius 1 is 0.371 bits per heavy atom. The van der Waals surface area contributed by atoms with Gasteiger partial charge in [-0.1, -0.05) is 22.4 Å². The van der Waals surface area contributed by atoms with E-state index < -0.39 is 7.26 Å². The van der Waals surface area contributed by atoms with Gasteiger partial charge in [0, 0.05) is 5.33 Å². The number of unbranched alkanes of at least 4 members (excludes halogenated alkanes) is 12. The van der Waals surface area contributed by atoms with E-state index >= 15 is 0 Å². The van der Waals surface area contributed by atoms with Crippen LogP contribution in [0, 0.1) is 0 Å². The maximum atomic E-state index is 3.53. The van der Waals surface area contributed by atoms with Crippen LogP contribution in [0.1, 0.15) is 83.5 Å². The van der Waals surface area contributed by atoms with Gasteiger partial charge in [-0.25, -0.2) is 0 Å². The van der Waals surface area contributed by atoms with Crippen LogP contribution in [0.5, 0.6) is 0 Å². The molecule has 0 atom stereocenters. The van der Waals surface area contributed by atoms with E-state index in [0.29, 0.717) is 0 Å². The van der Waals surface area contributed by atoms with Crippen molar-refractivity contribution in [1.29, 1.82) is 0 Å². The molecule has 0 N–H and O–H groups in total. The average molecular weight is 554 g/mol. The summed E-state index contributed by atoms with van der Waals surface area (Å²) >= 11 is 3.53. The van der Waals surface area contributed by atoms with Crippen LogP contribution in [0.2, 0.25) is 0 Å². The second-order valence-electron chi connectivity index (χ2n) is 10.0. The third-order valence-electron chi connectivity index (χ3n) is 7.49. The summed E-state index contributed by atoms with van der Waals surface area (Å²) in [5.74, 6) is 0. The number of rotatable bonds is 18. The Bertz CT molecular complexity index is 797. The van der Waals surface area contributed by atoms with E-state index in [0.717, 1.165) is 0 Å². The zero-order chi connectivity index (χ0) is 24.4. The molecule has 0 aliphatic rings. The number of alkyl halides is 1. The van der Waals surface area contributed by atoms with E-state index in [4.69, 9.17) is 0 Å². The molecule has 0 nitrogen and oxygen atoms in total. The minimum atomic E-state index is -2.03. The van der Waals surface area contributed by atoms with Crippen LogP contribution in [0.4, 0.5) is 0 Å². The first kappa shape index (κ1) is 28.1. The summed E-state index contributed by atoms with van der Waals surface area (Å²) in [6, 6.07) is 34.1. The Morgan fingerprint density at radius 3 is 0.971 bits per heavy atom. The molecule has 0 spiro atoms. The van der Waals surface area contributed by atoms with Crippen LogP contribution >= 0.6 is 23.2 Å². The van der Waals surface area contributed by atoms with Crippen molar-refractivity contribution >= 4 is 39.1 Å². The fraction of sp³-hybridized carbons (Fsp3) is 0.455. The number of halogens is 1. The van der Waals surface area contributed by atoms with Crippen molar-refractivity contribution < 1.29 is 0 Å². The van der Waals surface area contributed by atoms with Crippen LogP contribution in [0.3, 0.4) is 0 Å². The summed E-state index contributed by atoms with van der Waals surface area (Å²) in [4.78, 5) is 0. The minimum absolute atomic E-state index is 1.17. The molecule has 3 aromatic carbocycles. The normalized spacial score (nSPS) is 12.0. The average Bonchev–Trinajstić information content (AvgIpc) is 2.93. The van der Waals surface area contributed by atoms with E-state index in [2.05, 4.69) is 107 Å². The van der Waals surface area contributed by atoms with E-state index in [1.165, 1.54) is 95.0 Å². The predicted molar refractivity (Wildman–Crippen MR) is 165 cm³/mol. The third kappa shape index (κ3) is 9.18. The Morgan fingerprint density at radius 2 is 0.657 bits per heavy atom. The van der Waals surface area contributed by atoms with E-state index in [1.54, 1.807) is 15.9 Å². The number of benzene rings is 3. The van der Waals surface area contributed by atoms with Gasteiger partial charge in [0.15, 0.2) is 0 Å². The fourth-order valence-corrected chi connectivity index (χ4v) is 10.9. The van der Waals surface area contributed by atoms with Crippen molar-refractivity contribution in [3.05, 3.63) is 91.0 Å². The van der Waals surface area contributed by atoms with Gasteiger partial charge in [-0.15, -0.1) is 0 Å². The SMILES string of the molecule is BrCCCCCCCCCCCCCCC[PH](c1ccccc1)(c1ccccc1)c1ccccc1. The van der Waals surface area contributed by atoms with Gasteiger partial charge in [0.05, 0.1) is 0 Å². The molecule has 190 valence electrons. The molecule has 3 rings (SSSR count). The molecular formula is C33H46BrP. The van der Waals surface area contributed by atoms with Crippen LogP contribution < -0.4 is 15.9 Å². The van der Waals surface area contributed by atoms with Crippen molar-refractivity contribution in [2.75, 3.05) is 11.5 Å². The van der Waals surface area contributed by atoms with Crippen molar-refractivity contribution in [1.82, 2.24) is 0 Å². The molecule has 0 saturated heterocycles. The second kappa shape index (κ2) is 17.1. The van der Waals surface area contributed by atoms with Gasteiger partial charge in [0.25, 0.3) is 0 Å². The predicted octanol–water partition coefficient (Wildman–Crippen LogP) is 9.18. The van der Waals surface area contributed by atoms with Gasteiger partial charge >= 0.3 is 191 Å². The van der Waals surface area contributed by atoms with Crippen molar-refractivity contribution in [2.45, 2.75) is 83.5 Å². The molecule has 0 aliphatic carbocycles. The van der Waals surface area contributed by atoms with Gasteiger partial charge < -0.3 is 0 Å². The van der Waals surface area contributed by atoms with Crippen LogP contribution in [0.15, 0.2) is 91.0 Å². The summed E-state index contributed by atoms with van der Waals surface area (Å²) in [5.41, 5.74) is 0. The molecule has 2 heteroatoms. The third-order valence-corrected chi connectivity index (χ3v) is 13.1. The van der Waals surface area contributed by atoms with Crippen LogP contribution in [-0.4, -0.2) is 11.5 Å². The quantitative estimate of drug-likeness (QED) is 0.0837. The topological polar surface area (TPSA) is 0 Å². The van der Waals surface area contributed by atoms with Gasteiger partial charge in [0.2, 0.25) is 0 Å². The van der Waals surface area contributed by atoms with Crippen molar-refractivity contribution in [3.63, 3.8) is 0 Å². The molecule has 0 heterocycles. The molecule has 35 heavy (non-hydrogen) atoms. The molecule has 0 aliphatic heterocycles. The molecule has 0 bridgehead atoms. The Kier molecular flexibility index (Phi) is 13.8. The second-order valence-corrected chi connectivity index (χ2v) is 14.9. The zero-order valence-corrected chi connectivity index (χ0v) is 24.2. The first-order valence-electron chi connectivity index (χ1n) is 14.1. The standard InChI is InChI=1S/C33H46BrP/c34-29-21-10-8-6-4-2-1-3-5-7-9-11-22-30-35(31-23-15-12-16-24-31,32-25-17-13-18-26-32)33-27-19-14-20-28-33/h12-20,23-28,35H,1-11,21-22,29-30H2. The number of hydrogen-bond acceptors (Lipinski definition) is 0. The molecule has 0 radical (unpaired) electrons. The monoisotopic (exact) mass is 552 g/mol. The Labute approximate surface area is 224 Å². The van der Waals surface area contributed by atoms with Gasteiger partial charge in [-0.2, -0.15) is 0 Å². The van der Waals surface area contributed by atoms with Gasteiger partial charge in [-0.3, -0.25) is 0 Å². The summed E-state index contributed by atoms with van der Waals surface area (Å²) in [6.45, 7) is 0. The van der Waals surface area contributed by atoms with E-state index in [-0.39, 0.29) is 0 Å². The molecule has 0 saturated carbocycles. The van der Waals surface area contributed by atoms with Crippen LogP contribution in [0.25, 0.3) is 0 Å². The summed E-state index contributed by atoms with van der Waals surface area (Å²) in [7, 11) is -2.03. The molecular weight excluding hydrogens is 507 g/mol. The zero-order valence-electron chi connectivity index (χ0n) is 21.6. The Balaban J connectivity index is 1.49. The molecule has 0 amide bonds. The summed E-state index contributed by atoms with van der Waals surface area (Å²) in [6.07, 6.45) is 19.5. The summed E-state index contributed by atoms with van der Waals surface area (Å²) in [5, 5.41) is 5.81. The Hall–Kier alpha value is -1.43. The van der Waals surface area contributed by atoms with Gasteiger partial charge in [0.1, 0.15) is 0 Å². The van der Waals surface area contributed by atoms with E-state index in [9.17, 15) is 0 Å². The summed E-state index contributed by atoms with van der Waals surface area (Å²) < 4.78 is 0. The maximum absolute atomic E-state index is 3.53. The molecule has 0 aromatic heterocycles. The van der Waals surface area contributed by atoms with Crippen molar-refractivity contribution in [3.8, 4) is 0 Å². The molecule has 3 aromatic rings. The first-order chi connectivity index (χ1) is 17.4. The molecule has 0 fully saturated rings. The first-order valence-corrected chi connectivity index (χ1v) is 17.4. The fourth-order valence-electron chi connectivity index (χ4n) is 5.53.